The molecule has 20 heavy (non-hydrogen) atoms. The van der Waals surface area contributed by atoms with E-state index in [0.717, 1.165) is 12.8 Å². The monoisotopic (exact) mass is 294 g/mol. The fourth-order valence-corrected chi connectivity index (χ4v) is 2.63. The van der Waals surface area contributed by atoms with Crippen molar-refractivity contribution in [2.24, 2.45) is 0 Å². The molecule has 0 saturated carbocycles. The summed E-state index contributed by atoms with van der Waals surface area (Å²) in [5, 5.41) is 4.51. The van der Waals surface area contributed by atoms with Crippen LogP contribution < -0.4 is 0 Å². The number of nitrogens with one attached hydrogen (secondary N) is 1. The molecule has 1 aliphatic heterocycles. The van der Waals surface area contributed by atoms with Gasteiger partial charge in [-0.2, -0.15) is 4.98 Å². The van der Waals surface area contributed by atoms with Crippen LogP contribution in [0.3, 0.4) is 0 Å². The molecule has 2 aromatic rings. The van der Waals surface area contributed by atoms with Gasteiger partial charge in [0.2, 0.25) is 5.89 Å². The van der Waals surface area contributed by atoms with E-state index in [1.807, 2.05) is 6.92 Å². The number of rotatable bonds is 3. The number of hydrogen-bond acceptors (Lipinski definition) is 4. The second-order valence-electron chi connectivity index (χ2n) is 4.79. The standard InChI is InChI=1S/C13H15ClN4O2/c1-2-11-16-12(17-20-11)10-4-3-5-18(10)13(19)9-6-8(14)7-15-9/h6-7,10,15H,2-5H2,1H3/t10-/m1/s1. The Morgan fingerprint density at radius 2 is 2.50 bits per heavy atom. The summed E-state index contributed by atoms with van der Waals surface area (Å²) >= 11 is 5.85. The van der Waals surface area contributed by atoms with Crippen LogP contribution in [-0.4, -0.2) is 32.5 Å². The number of amides is 1. The van der Waals surface area contributed by atoms with Gasteiger partial charge in [0.05, 0.1) is 11.1 Å². The van der Waals surface area contributed by atoms with Gasteiger partial charge in [-0.3, -0.25) is 4.79 Å². The fourth-order valence-electron chi connectivity index (χ4n) is 2.47. The molecule has 0 spiro atoms. The van der Waals surface area contributed by atoms with Gasteiger partial charge >= 0.3 is 0 Å². The van der Waals surface area contributed by atoms with Crippen molar-refractivity contribution in [3.63, 3.8) is 0 Å². The van der Waals surface area contributed by atoms with Gasteiger partial charge in [0.1, 0.15) is 5.69 Å². The summed E-state index contributed by atoms with van der Waals surface area (Å²) in [6.45, 7) is 2.64. The summed E-state index contributed by atoms with van der Waals surface area (Å²) < 4.78 is 5.14. The average molecular weight is 295 g/mol. The zero-order valence-corrected chi connectivity index (χ0v) is 11.9. The smallest absolute Gasteiger partial charge is 0.270 e. The molecule has 1 atom stereocenters. The molecule has 1 aliphatic rings. The lowest BCUT2D eigenvalue weighted by atomic mass is 10.2. The maximum Gasteiger partial charge on any atom is 0.270 e. The normalized spacial score (nSPS) is 18.7. The quantitative estimate of drug-likeness (QED) is 0.944. The largest absolute Gasteiger partial charge is 0.356 e. The summed E-state index contributed by atoms with van der Waals surface area (Å²) in [5.74, 6) is 1.11. The lowest BCUT2D eigenvalue weighted by Gasteiger charge is -2.21. The minimum Gasteiger partial charge on any atom is -0.356 e. The van der Waals surface area contributed by atoms with Crippen LogP contribution in [0.4, 0.5) is 0 Å². The molecule has 7 heteroatoms. The van der Waals surface area contributed by atoms with E-state index in [4.69, 9.17) is 16.1 Å². The number of nitrogens with zero attached hydrogens (tertiary/aromatic N) is 3. The molecule has 3 heterocycles. The van der Waals surface area contributed by atoms with Gasteiger partial charge in [-0.15, -0.1) is 0 Å². The Morgan fingerprint density at radius 3 is 3.15 bits per heavy atom. The first kappa shape index (κ1) is 13.2. The maximum absolute atomic E-state index is 12.5. The van der Waals surface area contributed by atoms with Crippen molar-refractivity contribution in [2.75, 3.05) is 6.54 Å². The molecule has 0 bridgehead atoms. The van der Waals surface area contributed by atoms with E-state index < -0.39 is 0 Å². The summed E-state index contributed by atoms with van der Waals surface area (Å²) in [6.07, 6.45) is 4.08. The first-order chi connectivity index (χ1) is 9.69. The second kappa shape index (κ2) is 5.28. The van der Waals surface area contributed by atoms with Crippen LogP contribution in [0.15, 0.2) is 16.8 Å². The number of aryl methyl sites for hydroxylation is 1. The average Bonchev–Trinajstić information content (AvgIpc) is 3.17. The number of likely N-dealkylation sites (tertiary alicyclic amines) is 1. The van der Waals surface area contributed by atoms with Crippen LogP contribution >= 0.6 is 11.6 Å². The Hall–Kier alpha value is -1.82. The number of hydrogen-bond donors (Lipinski definition) is 1. The lowest BCUT2D eigenvalue weighted by Crippen LogP contribution is -2.31. The number of halogens is 1. The number of H-pyrrole nitrogens is 1. The van der Waals surface area contributed by atoms with Crippen molar-refractivity contribution in [1.82, 2.24) is 20.0 Å². The van der Waals surface area contributed by atoms with E-state index in [1.54, 1.807) is 17.2 Å². The van der Waals surface area contributed by atoms with Gasteiger partial charge in [0.25, 0.3) is 5.91 Å². The first-order valence-corrected chi connectivity index (χ1v) is 7.04. The molecular formula is C13H15ClN4O2. The predicted molar refractivity (Wildman–Crippen MR) is 72.5 cm³/mol. The molecule has 3 rings (SSSR count). The van der Waals surface area contributed by atoms with Gasteiger partial charge in [0.15, 0.2) is 5.82 Å². The molecule has 2 aromatic heterocycles. The van der Waals surface area contributed by atoms with Crippen molar-refractivity contribution in [3.05, 3.63) is 34.7 Å². The molecular weight excluding hydrogens is 280 g/mol. The van der Waals surface area contributed by atoms with Crippen molar-refractivity contribution < 1.29 is 9.32 Å². The Kier molecular flexibility index (Phi) is 3.48. The van der Waals surface area contributed by atoms with Crippen molar-refractivity contribution in [3.8, 4) is 0 Å². The SMILES string of the molecule is CCc1nc([C@H]2CCCN2C(=O)c2cc(Cl)c[nH]2)no1. The molecule has 0 unspecified atom stereocenters. The Balaban J connectivity index is 1.83. The van der Waals surface area contributed by atoms with Crippen molar-refractivity contribution >= 4 is 17.5 Å². The zero-order valence-electron chi connectivity index (χ0n) is 11.1. The third-order valence-electron chi connectivity index (χ3n) is 3.48. The van der Waals surface area contributed by atoms with E-state index in [2.05, 4.69) is 15.1 Å². The molecule has 1 N–H and O–H groups in total. The molecule has 1 saturated heterocycles. The lowest BCUT2D eigenvalue weighted by molar-refractivity contribution is 0.0723. The summed E-state index contributed by atoms with van der Waals surface area (Å²) in [4.78, 5) is 21.5. The van der Waals surface area contributed by atoms with Gasteiger partial charge < -0.3 is 14.4 Å². The predicted octanol–water partition coefficient (Wildman–Crippen LogP) is 2.59. The van der Waals surface area contributed by atoms with E-state index >= 15 is 0 Å². The summed E-state index contributed by atoms with van der Waals surface area (Å²) in [6, 6.07) is 1.51. The number of carbonyl (C=O) groups excluding carboxylic acids is 1. The van der Waals surface area contributed by atoms with Crippen molar-refractivity contribution in [1.29, 1.82) is 0 Å². The highest BCUT2D eigenvalue weighted by molar-refractivity contribution is 6.30. The number of aromatic nitrogens is 3. The molecule has 6 nitrogen and oxygen atoms in total. The molecule has 106 valence electrons. The van der Waals surface area contributed by atoms with Crippen LogP contribution in [0.2, 0.25) is 5.02 Å². The highest BCUT2D eigenvalue weighted by atomic mass is 35.5. The molecule has 1 amide bonds. The molecule has 0 radical (unpaired) electrons. The minimum absolute atomic E-state index is 0.0813. The molecule has 0 aliphatic carbocycles. The minimum atomic E-state index is -0.117. The van der Waals surface area contributed by atoms with Gasteiger partial charge in [0, 0.05) is 19.2 Å². The summed E-state index contributed by atoms with van der Waals surface area (Å²) in [7, 11) is 0. The topological polar surface area (TPSA) is 75.0 Å². The van der Waals surface area contributed by atoms with E-state index in [0.29, 0.717) is 35.4 Å². The van der Waals surface area contributed by atoms with Crippen molar-refractivity contribution in [2.45, 2.75) is 32.2 Å². The Morgan fingerprint density at radius 1 is 1.65 bits per heavy atom. The summed E-state index contributed by atoms with van der Waals surface area (Å²) in [5.41, 5.74) is 0.487. The third-order valence-corrected chi connectivity index (χ3v) is 3.69. The fraction of sp³-hybridized carbons (Fsp3) is 0.462. The Bertz CT molecular complexity index is 621. The van der Waals surface area contributed by atoms with Gasteiger partial charge in [-0.1, -0.05) is 23.7 Å². The maximum atomic E-state index is 12.5. The van der Waals surface area contributed by atoms with E-state index in [1.165, 1.54) is 0 Å². The molecule has 1 fully saturated rings. The van der Waals surface area contributed by atoms with E-state index in [-0.39, 0.29) is 11.9 Å². The van der Waals surface area contributed by atoms with Crippen LogP contribution in [-0.2, 0) is 6.42 Å². The van der Waals surface area contributed by atoms with Crippen LogP contribution in [0.5, 0.6) is 0 Å². The number of aromatic amines is 1. The third kappa shape index (κ3) is 2.31. The molecule has 0 aromatic carbocycles. The van der Waals surface area contributed by atoms with Crippen LogP contribution in [0, 0.1) is 0 Å². The van der Waals surface area contributed by atoms with Crippen LogP contribution in [0.25, 0.3) is 0 Å². The van der Waals surface area contributed by atoms with Crippen LogP contribution in [0.1, 0.15) is 48.0 Å². The Labute approximate surface area is 121 Å². The first-order valence-electron chi connectivity index (χ1n) is 6.66. The second-order valence-corrected chi connectivity index (χ2v) is 5.22. The highest BCUT2D eigenvalue weighted by Crippen LogP contribution is 2.31. The number of carbonyl (C=O) groups is 1. The highest BCUT2D eigenvalue weighted by Gasteiger charge is 2.34. The van der Waals surface area contributed by atoms with Gasteiger partial charge in [-0.25, -0.2) is 0 Å². The van der Waals surface area contributed by atoms with E-state index in [9.17, 15) is 4.79 Å². The van der Waals surface area contributed by atoms with Gasteiger partial charge in [-0.05, 0) is 18.9 Å². The zero-order chi connectivity index (χ0) is 14.1.